The van der Waals surface area contributed by atoms with Gasteiger partial charge in [-0.05, 0) is 37.4 Å². The Labute approximate surface area is 126 Å². The molecule has 2 unspecified atom stereocenters. The number of benzene rings is 1. The molecule has 112 valence electrons. The second-order valence-corrected chi connectivity index (χ2v) is 5.62. The number of nitrogens with zero attached hydrogens (tertiary/aromatic N) is 2. The van der Waals surface area contributed by atoms with Crippen molar-refractivity contribution in [2.24, 2.45) is 17.6 Å². The summed E-state index contributed by atoms with van der Waals surface area (Å²) in [6.07, 6.45) is 4.55. The van der Waals surface area contributed by atoms with Crippen molar-refractivity contribution in [3.63, 3.8) is 0 Å². The number of rotatable bonds is 5. The van der Waals surface area contributed by atoms with Crippen LogP contribution in [0, 0.1) is 23.2 Å². The summed E-state index contributed by atoms with van der Waals surface area (Å²) < 4.78 is 0. The van der Waals surface area contributed by atoms with E-state index in [0.717, 1.165) is 31.4 Å². The van der Waals surface area contributed by atoms with Crippen LogP contribution in [0.5, 0.6) is 0 Å². The van der Waals surface area contributed by atoms with E-state index in [9.17, 15) is 4.79 Å². The number of para-hydroxylation sites is 1. The van der Waals surface area contributed by atoms with Crippen molar-refractivity contribution in [3.8, 4) is 6.07 Å². The number of nitrogens with two attached hydrogens (primary N) is 1. The van der Waals surface area contributed by atoms with E-state index in [0.29, 0.717) is 19.5 Å². The molecule has 21 heavy (non-hydrogen) atoms. The average Bonchev–Trinajstić information content (AvgIpc) is 2.56. The number of carbonyl (C=O) groups excluding carboxylic acids is 1. The summed E-state index contributed by atoms with van der Waals surface area (Å²) in [5.41, 5.74) is 6.72. The van der Waals surface area contributed by atoms with E-state index in [2.05, 4.69) is 6.07 Å². The zero-order chi connectivity index (χ0) is 15.1. The Kier molecular flexibility index (Phi) is 5.77. The molecule has 0 saturated heterocycles. The molecule has 4 heteroatoms. The lowest BCUT2D eigenvalue weighted by atomic mass is 9.78. The molecule has 1 aliphatic carbocycles. The monoisotopic (exact) mass is 285 g/mol. The third kappa shape index (κ3) is 3.83. The highest BCUT2D eigenvalue weighted by Crippen LogP contribution is 2.32. The summed E-state index contributed by atoms with van der Waals surface area (Å²) in [4.78, 5) is 14.7. The van der Waals surface area contributed by atoms with Crippen LogP contribution >= 0.6 is 0 Å². The van der Waals surface area contributed by atoms with Crippen LogP contribution < -0.4 is 10.6 Å². The van der Waals surface area contributed by atoms with Crippen LogP contribution in [0.2, 0.25) is 0 Å². The minimum atomic E-state index is 0.00245. The van der Waals surface area contributed by atoms with Gasteiger partial charge >= 0.3 is 0 Å². The Hall–Kier alpha value is -1.86. The van der Waals surface area contributed by atoms with Crippen molar-refractivity contribution in [2.75, 3.05) is 18.0 Å². The smallest absolute Gasteiger partial charge is 0.230 e. The van der Waals surface area contributed by atoms with Gasteiger partial charge < -0.3 is 10.6 Å². The van der Waals surface area contributed by atoms with Crippen LogP contribution in [0.4, 0.5) is 5.69 Å². The van der Waals surface area contributed by atoms with Gasteiger partial charge in [-0.2, -0.15) is 5.26 Å². The van der Waals surface area contributed by atoms with Gasteiger partial charge in [0.05, 0.1) is 12.5 Å². The number of nitriles is 1. The molecule has 1 fully saturated rings. The molecule has 0 bridgehead atoms. The van der Waals surface area contributed by atoms with Crippen LogP contribution in [-0.2, 0) is 4.79 Å². The zero-order valence-corrected chi connectivity index (χ0v) is 12.4. The predicted molar refractivity (Wildman–Crippen MR) is 83.5 cm³/mol. The van der Waals surface area contributed by atoms with Gasteiger partial charge in [0.15, 0.2) is 0 Å². The van der Waals surface area contributed by atoms with Crippen molar-refractivity contribution >= 4 is 11.6 Å². The van der Waals surface area contributed by atoms with Crippen molar-refractivity contribution in [1.82, 2.24) is 0 Å². The summed E-state index contributed by atoms with van der Waals surface area (Å²) in [6, 6.07) is 11.8. The molecular weight excluding hydrogens is 262 g/mol. The molecule has 1 saturated carbocycles. The van der Waals surface area contributed by atoms with Gasteiger partial charge in [-0.15, -0.1) is 0 Å². The molecule has 2 rings (SSSR count). The molecule has 0 aliphatic heterocycles. The fourth-order valence-electron chi connectivity index (χ4n) is 3.15. The molecule has 2 N–H and O–H groups in total. The van der Waals surface area contributed by atoms with Crippen LogP contribution in [0.1, 0.15) is 32.1 Å². The standard InChI is InChI=1S/C17H23N3O/c18-11-6-12-20(15-8-2-1-3-9-15)17(21)16-10-5-4-7-14(16)13-19/h1-3,8-9,14,16H,4-7,10,12-13,19H2. The predicted octanol–water partition coefficient (Wildman–Crippen LogP) is 2.70. The maximum Gasteiger partial charge on any atom is 0.230 e. The van der Waals surface area contributed by atoms with Crippen molar-refractivity contribution < 1.29 is 4.79 Å². The average molecular weight is 285 g/mol. The van der Waals surface area contributed by atoms with E-state index in [1.807, 2.05) is 30.3 Å². The van der Waals surface area contributed by atoms with E-state index in [-0.39, 0.29) is 17.7 Å². The fourth-order valence-corrected chi connectivity index (χ4v) is 3.15. The SMILES string of the molecule is N#CCCN(C(=O)C1CCCCC1CN)c1ccccc1. The quantitative estimate of drug-likeness (QED) is 0.904. The Balaban J connectivity index is 2.19. The number of amides is 1. The number of anilines is 1. The van der Waals surface area contributed by atoms with E-state index < -0.39 is 0 Å². The molecule has 0 aromatic heterocycles. The lowest BCUT2D eigenvalue weighted by Crippen LogP contribution is -2.42. The summed E-state index contributed by atoms with van der Waals surface area (Å²) in [5, 5.41) is 8.84. The van der Waals surface area contributed by atoms with Crippen LogP contribution in [0.25, 0.3) is 0 Å². The minimum Gasteiger partial charge on any atom is -0.330 e. The number of carbonyl (C=O) groups is 1. The van der Waals surface area contributed by atoms with E-state index in [4.69, 9.17) is 11.0 Å². The summed E-state index contributed by atoms with van der Waals surface area (Å²) in [6.45, 7) is 1.02. The zero-order valence-electron chi connectivity index (χ0n) is 12.4. The summed E-state index contributed by atoms with van der Waals surface area (Å²) in [5.74, 6) is 0.411. The topological polar surface area (TPSA) is 70.1 Å². The molecule has 1 aromatic carbocycles. The highest BCUT2D eigenvalue weighted by Gasteiger charge is 2.33. The lowest BCUT2D eigenvalue weighted by Gasteiger charge is -2.34. The van der Waals surface area contributed by atoms with Gasteiger partial charge in [0.1, 0.15) is 0 Å². The molecule has 2 atom stereocenters. The second-order valence-electron chi connectivity index (χ2n) is 5.62. The number of hydrogen-bond acceptors (Lipinski definition) is 3. The second kappa shape index (κ2) is 7.80. The van der Waals surface area contributed by atoms with E-state index in [1.165, 1.54) is 0 Å². The van der Waals surface area contributed by atoms with Gasteiger partial charge in [0.2, 0.25) is 5.91 Å². The summed E-state index contributed by atoms with van der Waals surface area (Å²) >= 11 is 0. The molecule has 0 heterocycles. The van der Waals surface area contributed by atoms with Crippen molar-refractivity contribution in [1.29, 1.82) is 5.26 Å². The maximum atomic E-state index is 12.9. The largest absolute Gasteiger partial charge is 0.330 e. The van der Waals surface area contributed by atoms with Gasteiger partial charge in [-0.3, -0.25) is 4.79 Å². The molecule has 0 spiro atoms. The highest BCUT2D eigenvalue weighted by atomic mass is 16.2. The Bertz CT molecular complexity index is 495. The van der Waals surface area contributed by atoms with E-state index >= 15 is 0 Å². The molecule has 1 aliphatic rings. The van der Waals surface area contributed by atoms with Crippen molar-refractivity contribution in [3.05, 3.63) is 30.3 Å². The molecule has 1 aromatic rings. The first-order valence-corrected chi connectivity index (χ1v) is 7.71. The van der Waals surface area contributed by atoms with Crippen LogP contribution in [0.15, 0.2) is 30.3 Å². The Morgan fingerprint density at radius 3 is 2.67 bits per heavy atom. The Morgan fingerprint density at radius 1 is 1.29 bits per heavy atom. The third-order valence-electron chi connectivity index (χ3n) is 4.31. The first-order chi connectivity index (χ1) is 10.3. The molecule has 1 amide bonds. The fraction of sp³-hybridized carbons (Fsp3) is 0.529. The maximum absolute atomic E-state index is 12.9. The normalized spacial score (nSPS) is 21.5. The first-order valence-electron chi connectivity index (χ1n) is 7.71. The highest BCUT2D eigenvalue weighted by molar-refractivity contribution is 5.95. The molecule has 4 nitrogen and oxygen atoms in total. The minimum absolute atomic E-state index is 0.00245. The van der Waals surface area contributed by atoms with Gasteiger partial charge in [-0.25, -0.2) is 0 Å². The van der Waals surface area contributed by atoms with Gasteiger partial charge in [0, 0.05) is 18.2 Å². The number of hydrogen-bond donors (Lipinski definition) is 1. The van der Waals surface area contributed by atoms with E-state index in [1.54, 1.807) is 4.90 Å². The van der Waals surface area contributed by atoms with Crippen LogP contribution in [-0.4, -0.2) is 19.0 Å². The third-order valence-corrected chi connectivity index (χ3v) is 4.31. The van der Waals surface area contributed by atoms with Crippen LogP contribution in [0.3, 0.4) is 0 Å². The molecular formula is C17H23N3O. The van der Waals surface area contributed by atoms with Crippen molar-refractivity contribution in [2.45, 2.75) is 32.1 Å². The summed E-state index contributed by atoms with van der Waals surface area (Å²) in [7, 11) is 0. The Morgan fingerprint density at radius 2 is 2.00 bits per heavy atom. The first kappa shape index (κ1) is 15.5. The molecule has 0 radical (unpaired) electrons. The van der Waals surface area contributed by atoms with Gasteiger partial charge in [0.25, 0.3) is 0 Å². The van der Waals surface area contributed by atoms with Gasteiger partial charge in [-0.1, -0.05) is 31.0 Å². The lowest BCUT2D eigenvalue weighted by molar-refractivity contribution is -0.125.